The molecule has 1 aliphatic heterocycles. The maximum absolute atomic E-state index is 5.74. The summed E-state index contributed by atoms with van der Waals surface area (Å²) in [6.07, 6.45) is 3.89. The highest BCUT2D eigenvalue weighted by Gasteiger charge is 2.40. The molecule has 1 saturated heterocycles. The molecule has 2 rings (SSSR count). The Kier molecular flexibility index (Phi) is 4.28. The lowest BCUT2D eigenvalue weighted by molar-refractivity contribution is -0.110. The van der Waals surface area contributed by atoms with E-state index in [1.165, 1.54) is 0 Å². The van der Waals surface area contributed by atoms with Crippen molar-refractivity contribution >= 4 is 0 Å². The third kappa shape index (κ3) is 2.54. The molecule has 0 amide bonds. The van der Waals surface area contributed by atoms with Gasteiger partial charge < -0.3 is 9.47 Å². The molecular weight excluding hydrogens is 234 g/mol. The predicted molar refractivity (Wildman–Crippen MR) is 65.6 cm³/mol. The molecule has 0 saturated carbocycles. The van der Waals surface area contributed by atoms with E-state index < -0.39 is 0 Å². The molecular formula is C11H21N5O2. The van der Waals surface area contributed by atoms with Crippen molar-refractivity contribution in [2.45, 2.75) is 30.9 Å². The SMILES string of the molecule is COC1(C(Cc2ncnn2C)NN)CCOCC1. The van der Waals surface area contributed by atoms with Crippen LogP contribution in [-0.2, 0) is 22.9 Å². The van der Waals surface area contributed by atoms with E-state index >= 15 is 0 Å². The zero-order chi connectivity index (χ0) is 13.0. The molecule has 0 spiro atoms. The highest BCUT2D eigenvalue weighted by Crippen LogP contribution is 2.29. The quantitative estimate of drug-likeness (QED) is 0.539. The third-order valence-electron chi connectivity index (χ3n) is 3.77. The summed E-state index contributed by atoms with van der Waals surface area (Å²) in [5.41, 5.74) is 2.57. The van der Waals surface area contributed by atoms with Crippen molar-refractivity contribution in [2.24, 2.45) is 12.9 Å². The molecule has 0 aliphatic carbocycles. The zero-order valence-corrected chi connectivity index (χ0v) is 10.9. The van der Waals surface area contributed by atoms with Gasteiger partial charge in [0.15, 0.2) is 0 Å². The van der Waals surface area contributed by atoms with Crippen LogP contribution < -0.4 is 11.3 Å². The van der Waals surface area contributed by atoms with Gasteiger partial charge in [-0.1, -0.05) is 0 Å². The Morgan fingerprint density at radius 3 is 2.83 bits per heavy atom. The van der Waals surface area contributed by atoms with Gasteiger partial charge in [-0.05, 0) is 0 Å². The first-order valence-corrected chi connectivity index (χ1v) is 6.14. The van der Waals surface area contributed by atoms with Crippen LogP contribution in [0.15, 0.2) is 6.33 Å². The van der Waals surface area contributed by atoms with Crippen molar-refractivity contribution in [3.8, 4) is 0 Å². The van der Waals surface area contributed by atoms with Crippen LogP contribution in [0.4, 0.5) is 0 Å². The smallest absolute Gasteiger partial charge is 0.138 e. The van der Waals surface area contributed by atoms with Gasteiger partial charge in [-0.3, -0.25) is 16.0 Å². The van der Waals surface area contributed by atoms with Gasteiger partial charge in [-0.25, -0.2) is 4.98 Å². The number of nitrogens with one attached hydrogen (secondary N) is 1. The van der Waals surface area contributed by atoms with Crippen molar-refractivity contribution in [1.82, 2.24) is 20.2 Å². The molecule has 7 heteroatoms. The number of hydrogen-bond donors (Lipinski definition) is 2. The van der Waals surface area contributed by atoms with Gasteiger partial charge in [0, 0.05) is 46.6 Å². The van der Waals surface area contributed by atoms with Gasteiger partial charge in [-0.15, -0.1) is 0 Å². The molecule has 18 heavy (non-hydrogen) atoms. The average molecular weight is 255 g/mol. The first-order chi connectivity index (χ1) is 8.72. The number of methoxy groups -OCH3 is 1. The molecule has 1 aromatic rings. The van der Waals surface area contributed by atoms with Crippen LogP contribution in [0.5, 0.6) is 0 Å². The third-order valence-corrected chi connectivity index (χ3v) is 3.77. The van der Waals surface area contributed by atoms with Gasteiger partial charge in [0.05, 0.1) is 11.6 Å². The van der Waals surface area contributed by atoms with Crippen molar-refractivity contribution in [2.75, 3.05) is 20.3 Å². The fourth-order valence-electron chi connectivity index (χ4n) is 2.50. The normalized spacial score (nSPS) is 20.8. The van der Waals surface area contributed by atoms with E-state index in [-0.39, 0.29) is 11.6 Å². The van der Waals surface area contributed by atoms with Crippen molar-refractivity contribution in [1.29, 1.82) is 0 Å². The summed E-state index contributed by atoms with van der Waals surface area (Å²) in [6, 6.07) is -0.00528. The van der Waals surface area contributed by atoms with E-state index in [0.29, 0.717) is 19.6 Å². The average Bonchev–Trinajstić information content (AvgIpc) is 2.82. The number of nitrogens with zero attached hydrogens (tertiary/aromatic N) is 3. The number of hydrazine groups is 1. The largest absolute Gasteiger partial charge is 0.381 e. The Labute approximate surface area is 107 Å². The standard InChI is InChI=1S/C11H21N5O2/c1-16-10(13-8-14-16)7-9(15-12)11(17-2)3-5-18-6-4-11/h8-9,15H,3-7,12H2,1-2H3. The van der Waals surface area contributed by atoms with Crippen LogP contribution in [0.3, 0.4) is 0 Å². The molecule has 1 aliphatic rings. The minimum Gasteiger partial charge on any atom is -0.381 e. The van der Waals surface area contributed by atoms with Gasteiger partial charge in [0.25, 0.3) is 0 Å². The molecule has 0 radical (unpaired) electrons. The first-order valence-electron chi connectivity index (χ1n) is 6.14. The van der Waals surface area contributed by atoms with E-state index in [1.54, 1.807) is 18.1 Å². The molecule has 7 nitrogen and oxygen atoms in total. The Bertz CT molecular complexity index is 375. The van der Waals surface area contributed by atoms with E-state index in [1.807, 2.05) is 7.05 Å². The summed E-state index contributed by atoms with van der Waals surface area (Å²) in [7, 11) is 3.60. The molecule has 0 aromatic carbocycles. The Morgan fingerprint density at radius 1 is 1.61 bits per heavy atom. The minimum atomic E-state index is -0.293. The fraction of sp³-hybridized carbons (Fsp3) is 0.818. The number of ether oxygens (including phenoxy) is 2. The van der Waals surface area contributed by atoms with Crippen LogP contribution in [0.25, 0.3) is 0 Å². The molecule has 2 heterocycles. The molecule has 1 atom stereocenters. The van der Waals surface area contributed by atoms with Gasteiger partial charge in [0.2, 0.25) is 0 Å². The van der Waals surface area contributed by atoms with Gasteiger partial charge >= 0.3 is 0 Å². The van der Waals surface area contributed by atoms with Crippen LogP contribution >= 0.6 is 0 Å². The van der Waals surface area contributed by atoms with E-state index in [9.17, 15) is 0 Å². The molecule has 1 fully saturated rings. The topological polar surface area (TPSA) is 87.2 Å². The second-order valence-electron chi connectivity index (χ2n) is 4.60. The van der Waals surface area contributed by atoms with Crippen LogP contribution in [0.1, 0.15) is 18.7 Å². The van der Waals surface area contributed by atoms with E-state index in [4.69, 9.17) is 15.3 Å². The number of rotatable bonds is 5. The second kappa shape index (κ2) is 5.75. The lowest BCUT2D eigenvalue weighted by Crippen LogP contribution is -2.58. The summed E-state index contributed by atoms with van der Waals surface area (Å²) in [4.78, 5) is 4.23. The fourth-order valence-corrected chi connectivity index (χ4v) is 2.50. The summed E-state index contributed by atoms with van der Waals surface area (Å²) in [5, 5.41) is 4.07. The summed E-state index contributed by atoms with van der Waals surface area (Å²) in [6.45, 7) is 1.40. The summed E-state index contributed by atoms with van der Waals surface area (Å²) < 4.78 is 12.9. The number of aromatic nitrogens is 3. The first kappa shape index (κ1) is 13.4. The zero-order valence-electron chi connectivity index (χ0n) is 10.9. The highest BCUT2D eigenvalue weighted by atomic mass is 16.5. The molecule has 1 aromatic heterocycles. The maximum Gasteiger partial charge on any atom is 0.138 e. The summed E-state index contributed by atoms with van der Waals surface area (Å²) in [5.74, 6) is 6.59. The second-order valence-corrected chi connectivity index (χ2v) is 4.60. The summed E-state index contributed by atoms with van der Waals surface area (Å²) >= 11 is 0. The van der Waals surface area contributed by atoms with Gasteiger partial charge in [-0.2, -0.15) is 5.10 Å². The Morgan fingerprint density at radius 2 is 2.33 bits per heavy atom. The van der Waals surface area contributed by atoms with Crippen LogP contribution in [0, 0.1) is 0 Å². The van der Waals surface area contributed by atoms with Gasteiger partial charge in [0.1, 0.15) is 12.2 Å². The van der Waals surface area contributed by atoms with Crippen molar-refractivity contribution < 1.29 is 9.47 Å². The van der Waals surface area contributed by atoms with Crippen molar-refractivity contribution in [3.63, 3.8) is 0 Å². The highest BCUT2D eigenvalue weighted by molar-refractivity contribution is 5.00. The Hall–Kier alpha value is -1.02. The lowest BCUT2D eigenvalue weighted by Gasteiger charge is -2.41. The molecule has 102 valence electrons. The maximum atomic E-state index is 5.74. The lowest BCUT2D eigenvalue weighted by atomic mass is 9.84. The molecule has 1 unspecified atom stereocenters. The molecule has 3 N–H and O–H groups in total. The van der Waals surface area contributed by atoms with Crippen LogP contribution in [-0.4, -0.2) is 46.7 Å². The number of aryl methyl sites for hydroxylation is 1. The van der Waals surface area contributed by atoms with Crippen LogP contribution in [0.2, 0.25) is 0 Å². The van der Waals surface area contributed by atoms with E-state index in [2.05, 4.69) is 15.5 Å². The van der Waals surface area contributed by atoms with Crippen molar-refractivity contribution in [3.05, 3.63) is 12.2 Å². The number of nitrogens with two attached hydrogens (primary N) is 1. The predicted octanol–water partition coefficient (Wildman–Crippen LogP) is -0.615. The monoisotopic (exact) mass is 255 g/mol. The number of hydrogen-bond acceptors (Lipinski definition) is 6. The molecule has 0 bridgehead atoms. The van der Waals surface area contributed by atoms with E-state index in [0.717, 1.165) is 18.7 Å². The Balaban J connectivity index is 2.13. The minimum absolute atomic E-state index is 0.00528.